The number of ether oxygens (including phenoxy) is 5. The maximum absolute atomic E-state index is 13.4. The smallest absolute Gasteiger partial charge is 0.333 e. The van der Waals surface area contributed by atoms with Crippen LogP contribution in [0.3, 0.4) is 0 Å². The Bertz CT molecular complexity index is 1450. The summed E-state index contributed by atoms with van der Waals surface area (Å²) >= 11 is 0. The Morgan fingerprint density at radius 1 is 1.15 bits per heavy atom. The lowest BCUT2D eigenvalue weighted by Crippen LogP contribution is -2.74. The summed E-state index contributed by atoms with van der Waals surface area (Å²) in [5, 5.41) is 43.3. The number of methoxy groups -OCH3 is 1. The lowest BCUT2D eigenvalue weighted by atomic mass is 9.35. The van der Waals surface area contributed by atoms with Crippen LogP contribution < -0.4 is 0 Å². The molecule has 3 saturated carbocycles. The van der Waals surface area contributed by atoms with Crippen LogP contribution in [-0.4, -0.2) is 101 Å². The summed E-state index contributed by atoms with van der Waals surface area (Å²) in [4.78, 5) is 50.7. The van der Waals surface area contributed by atoms with Crippen LogP contribution >= 0.6 is 0 Å². The van der Waals surface area contributed by atoms with Crippen LogP contribution in [0.4, 0.5) is 0 Å². The Kier molecular flexibility index (Phi) is 9.43. The summed E-state index contributed by atoms with van der Waals surface area (Å²) in [7, 11) is 1.37. The number of esters is 3. The molecule has 0 amide bonds. The molecule has 0 aromatic rings. The number of hydrogen-bond donors (Lipinski definition) is 4. The molecule has 12 atom stereocenters. The minimum absolute atomic E-state index is 0.0183. The van der Waals surface area contributed by atoms with Gasteiger partial charge < -0.3 is 44.1 Å². The largest absolute Gasteiger partial charge is 0.504 e. The Hall–Kier alpha value is -3.26. The molecule has 2 aliphatic heterocycles. The van der Waals surface area contributed by atoms with Crippen LogP contribution in [0.2, 0.25) is 0 Å². The number of carbonyl (C=O) groups excluding carboxylic acids is 3. The molecule has 0 aromatic carbocycles. The van der Waals surface area contributed by atoms with E-state index in [0.29, 0.717) is 24.0 Å². The minimum atomic E-state index is -1.78. The van der Waals surface area contributed by atoms with Gasteiger partial charge in [-0.2, -0.15) is 0 Å². The molecule has 0 aromatic heterocycles. The standard InChI is InChI=1S/C35H48O13/c1-8-17(2)31(43)47-23-13-24(46-18(3)37)35(15-36)16-45-26-27(35)34(23,6)21-9-10-32(4)22(33(21,5)28(26)40)12-25(39)48-29(32)19(14-44-7)11-20(38)30(41)42/h8,12,14,20-21,23-24,26-29,36,38,40H,9-11,13,15-16H2,1-7H3,(H,41,42). The van der Waals surface area contributed by atoms with Crippen molar-refractivity contribution in [1.29, 1.82) is 0 Å². The van der Waals surface area contributed by atoms with E-state index in [2.05, 4.69) is 0 Å². The van der Waals surface area contributed by atoms with Gasteiger partial charge in [0.25, 0.3) is 0 Å². The molecular weight excluding hydrogens is 628 g/mol. The fourth-order valence-electron chi connectivity index (χ4n) is 10.3. The van der Waals surface area contributed by atoms with Crippen molar-refractivity contribution in [2.45, 2.75) is 104 Å². The summed E-state index contributed by atoms with van der Waals surface area (Å²) in [6.45, 7) is 9.95. The molecule has 13 heteroatoms. The third-order valence-electron chi connectivity index (χ3n) is 12.5. The van der Waals surface area contributed by atoms with Gasteiger partial charge in [-0.05, 0) is 38.2 Å². The SMILES string of the molecule is CC=C(C)C(=O)OC1CC(OC(C)=O)C2(CO)COC3C(O)C4(C)C5=CC(=O)OC(C(=COC)CC(O)C(=O)O)C5(C)CCC4C1(C)C32. The third kappa shape index (κ3) is 5.11. The van der Waals surface area contributed by atoms with E-state index in [-0.39, 0.29) is 25.0 Å². The van der Waals surface area contributed by atoms with Crippen molar-refractivity contribution in [3.8, 4) is 0 Å². The maximum atomic E-state index is 13.4. The number of aliphatic carboxylic acids is 1. The number of aliphatic hydroxyl groups excluding tert-OH is 3. The second kappa shape index (κ2) is 12.6. The van der Waals surface area contributed by atoms with Crippen molar-refractivity contribution in [2.24, 2.45) is 33.5 Å². The molecule has 0 radical (unpaired) electrons. The molecule has 1 saturated heterocycles. The van der Waals surface area contributed by atoms with Crippen molar-refractivity contribution in [2.75, 3.05) is 20.3 Å². The molecule has 5 rings (SSSR count). The van der Waals surface area contributed by atoms with E-state index in [1.54, 1.807) is 19.9 Å². The van der Waals surface area contributed by atoms with E-state index in [0.717, 1.165) is 0 Å². The van der Waals surface area contributed by atoms with Gasteiger partial charge in [0.1, 0.15) is 18.3 Å². The first-order chi connectivity index (χ1) is 22.5. The van der Waals surface area contributed by atoms with Gasteiger partial charge in [-0.1, -0.05) is 26.8 Å². The zero-order valence-corrected chi connectivity index (χ0v) is 28.6. The fraction of sp³-hybridized carbons (Fsp3) is 0.714. The highest BCUT2D eigenvalue weighted by Gasteiger charge is 2.78. The van der Waals surface area contributed by atoms with Crippen LogP contribution in [0.25, 0.3) is 0 Å². The van der Waals surface area contributed by atoms with Crippen LogP contribution in [0.15, 0.2) is 35.1 Å². The van der Waals surface area contributed by atoms with Gasteiger partial charge >= 0.3 is 23.9 Å². The van der Waals surface area contributed by atoms with Crippen molar-refractivity contribution >= 4 is 23.9 Å². The highest BCUT2D eigenvalue weighted by molar-refractivity contribution is 5.88. The normalized spacial score (nSPS) is 42.7. The van der Waals surface area contributed by atoms with Crippen LogP contribution in [0.1, 0.15) is 67.2 Å². The zero-order valence-electron chi connectivity index (χ0n) is 28.6. The lowest BCUT2D eigenvalue weighted by molar-refractivity contribution is -0.270. The van der Waals surface area contributed by atoms with Crippen LogP contribution in [0.5, 0.6) is 0 Å². The van der Waals surface area contributed by atoms with E-state index in [1.165, 1.54) is 26.4 Å². The van der Waals surface area contributed by atoms with E-state index >= 15 is 0 Å². The number of allylic oxidation sites excluding steroid dienone is 1. The van der Waals surface area contributed by atoms with E-state index in [1.807, 2.05) is 20.8 Å². The first-order valence-electron chi connectivity index (χ1n) is 16.4. The van der Waals surface area contributed by atoms with Crippen molar-refractivity contribution in [1.82, 2.24) is 0 Å². The van der Waals surface area contributed by atoms with Crippen molar-refractivity contribution in [3.63, 3.8) is 0 Å². The number of hydrogen-bond acceptors (Lipinski definition) is 12. The molecule has 2 heterocycles. The summed E-state index contributed by atoms with van der Waals surface area (Å²) in [6.07, 6.45) is -1.77. The van der Waals surface area contributed by atoms with Gasteiger partial charge in [0.2, 0.25) is 0 Å². The Balaban J connectivity index is 1.68. The number of rotatable bonds is 9. The quantitative estimate of drug-likeness (QED) is 0.120. The number of aliphatic hydroxyl groups is 3. The molecule has 4 N–H and O–H groups in total. The summed E-state index contributed by atoms with van der Waals surface area (Å²) in [6, 6.07) is 0. The number of fused-ring (bicyclic) bond motifs is 4. The molecule has 4 fully saturated rings. The first kappa shape index (κ1) is 36.0. The Morgan fingerprint density at radius 3 is 2.42 bits per heavy atom. The fourth-order valence-corrected chi connectivity index (χ4v) is 10.3. The lowest BCUT2D eigenvalue weighted by Gasteiger charge is -2.70. The monoisotopic (exact) mass is 676 g/mol. The number of cyclic esters (lactones) is 1. The van der Waals surface area contributed by atoms with E-state index < -0.39 is 101 Å². The highest BCUT2D eigenvalue weighted by atomic mass is 16.6. The van der Waals surface area contributed by atoms with Crippen molar-refractivity contribution in [3.05, 3.63) is 35.1 Å². The molecule has 0 bridgehead atoms. The first-order valence-corrected chi connectivity index (χ1v) is 16.4. The minimum Gasteiger partial charge on any atom is -0.504 e. The van der Waals surface area contributed by atoms with Gasteiger partial charge in [-0.25, -0.2) is 14.4 Å². The molecule has 3 aliphatic carbocycles. The van der Waals surface area contributed by atoms with Gasteiger partial charge in [0.15, 0.2) is 6.10 Å². The van der Waals surface area contributed by atoms with Crippen LogP contribution in [0, 0.1) is 33.5 Å². The molecule has 0 spiro atoms. The highest BCUT2D eigenvalue weighted by Crippen LogP contribution is 2.74. The predicted molar refractivity (Wildman–Crippen MR) is 167 cm³/mol. The third-order valence-corrected chi connectivity index (χ3v) is 12.5. The van der Waals surface area contributed by atoms with Crippen LogP contribution in [-0.2, 0) is 42.9 Å². The number of carboxylic acid groups (broad SMARTS) is 1. The number of carbonyl (C=O) groups is 4. The van der Waals surface area contributed by atoms with E-state index in [9.17, 15) is 39.6 Å². The second-order valence-corrected chi connectivity index (χ2v) is 14.8. The molecule has 13 nitrogen and oxygen atoms in total. The Labute approximate surface area is 279 Å². The van der Waals surface area contributed by atoms with Gasteiger partial charge in [0.05, 0.1) is 44.2 Å². The number of carboxylic acids is 1. The summed E-state index contributed by atoms with van der Waals surface area (Å²) in [5.74, 6) is -4.31. The van der Waals surface area contributed by atoms with Gasteiger partial charge in [-0.3, -0.25) is 4.79 Å². The predicted octanol–water partition coefficient (Wildman–Crippen LogP) is 2.21. The Morgan fingerprint density at radius 2 is 1.83 bits per heavy atom. The van der Waals surface area contributed by atoms with E-state index in [4.69, 9.17) is 23.7 Å². The van der Waals surface area contributed by atoms with Crippen molar-refractivity contribution < 1.29 is 63.3 Å². The maximum Gasteiger partial charge on any atom is 0.333 e. The molecule has 266 valence electrons. The molecule has 12 unspecified atom stereocenters. The van der Waals surface area contributed by atoms with Gasteiger partial charge in [-0.15, -0.1) is 0 Å². The summed E-state index contributed by atoms with van der Waals surface area (Å²) in [5.41, 5.74) is -2.99. The average Bonchev–Trinajstić information content (AvgIpc) is 3.44. The molecule has 5 aliphatic rings. The molecule has 48 heavy (non-hydrogen) atoms. The topological polar surface area (TPSA) is 195 Å². The summed E-state index contributed by atoms with van der Waals surface area (Å²) < 4.78 is 29.6. The second-order valence-electron chi connectivity index (χ2n) is 14.8. The zero-order chi connectivity index (χ0) is 35.6. The molecular formula is C35H48O13. The van der Waals surface area contributed by atoms with Gasteiger partial charge in [0, 0.05) is 59.2 Å². The average molecular weight is 677 g/mol.